The van der Waals surface area contributed by atoms with Gasteiger partial charge in [0.2, 0.25) is 0 Å². The number of rotatable bonds is 4. The Kier molecular flexibility index (Phi) is 36.6. The molecule has 67 valence electrons. The maximum absolute atomic E-state index is 4.66. The minimum atomic E-state index is 0. The van der Waals surface area contributed by atoms with Crippen molar-refractivity contribution in [1.82, 2.24) is 0 Å². The molecule has 0 aliphatic rings. The van der Waals surface area contributed by atoms with Crippen LogP contribution in [0.5, 0.6) is 0 Å². The fourth-order valence-corrected chi connectivity index (χ4v) is 0.167. The molecule has 1 radical (unpaired) electrons. The van der Waals surface area contributed by atoms with Crippen molar-refractivity contribution in [3.8, 4) is 0 Å². The van der Waals surface area contributed by atoms with Crippen LogP contribution in [0.3, 0.4) is 0 Å². The first-order valence-corrected chi connectivity index (χ1v) is 3.09. The van der Waals surface area contributed by atoms with Gasteiger partial charge in [-0.15, -0.1) is 0 Å². The van der Waals surface area contributed by atoms with Crippen molar-refractivity contribution in [3.05, 3.63) is 6.92 Å². The summed E-state index contributed by atoms with van der Waals surface area (Å²) in [6.45, 7) is 5.33. The zero-order valence-corrected chi connectivity index (χ0v) is 10.5. The minimum Gasteiger partial charge on any atom is -0.417 e. The number of ether oxygens (including phenoxy) is 3. The average Bonchev–Trinajstić information content (AvgIpc) is 2.01. The molecule has 0 aromatic heterocycles. The molecule has 0 amide bonds. The summed E-state index contributed by atoms with van der Waals surface area (Å²) >= 11 is 0. The first-order valence-electron chi connectivity index (χ1n) is 3.09. The van der Waals surface area contributed by atoms with E-state index in [0.29, 0.717) is 19.8 Å². The van der Waals surface area contributed by atoms with Crippen molar-refractivity contribution in [1.29, 1.82) is 0 Å². The normalized spacial score (nSPS) is 7.64. The van der Waals surface area contributed by atoms with Crippen molar-refractivity contribution in [3.63, 3.8) is 0 Å². The third-order valence-corrected chi connectivity index (χ3v) is 0.696. The van der Waals surface area contributed by atoms with Gasteiger partial charge in [0.15, 0.2) is 0 Å². The zero-order valence-electron chi connectivity index (χ0n) is 7.63. The zero-order chi connectivity index (χ0) is 8.24. The van der Waals surface area contributed by atoms with E-state index in [0.717, 1.165) is 0 Å². The summed E-state index contributed by atoms with van der Waals surface area (Å²) in [6, 6.07) is 0. The van der Waals surface area contributed by atoms with E-state index in [-0.39, 0.29) is 32.7 Å². The van der Waals surface area contributed by atoms with Crippen LogP contribution in [0, 0.1) is 6.92 Å². The van der Waals surface area contributed by atoms with Crippen LogP contribution in [-0.2, 0) is 46.9 Å². The summed E-state index contributed by atoms with van der Waals surface area (Å²) in [7, 11) is 4.92. The van der Waals surface area contributed by atoms with E-state index in [9.17, 15) is 0 Å². The van der Waals surface area contributed by atoms with Gasteiger partial charge in [-0.2, -0.15) is 0 Å². The molecule has 0 fully saturated rings. The molecule has 0 atom stereocenters. The molecule has 3 nitrogen and oxygen atoms in total. The van der Waals surface area contributed by atoms with Gasteiger partial charge in [-0.3, -0.25) is 0 Å². The van der Waals surface area contributed by atoms with Crippen LogP contribution in [0.15, 0.2) is 0 Å². The maximum atomic E-state index is 4.66. The average molecular weight is 238 g/mol. The van der Waals surface area contributed by atoms with Crippen LogP contribution >= 0.6 is 0 Å². The second-order valence-corrected chi connectivity index (χ2v) is 1.48. The third-order valence-electron chi connectivity index (χ3n) is 0.696. The first-order chi connectivity index (χ1) is 4.83. The predicted molar refractivity (Wildman–Crippen MR) is 41.0 cm³/mol. The van der Waals surface area contributed by atoms with Crippen molar-refractivity contribution >= 4 is 0 Å². The Morgan fingerprint density at radius 1 is 0.909 bits per heavy atom. The maximum Gasteiger partial charge on any atom is 0.0696 e. The second kappa shape index (κ2) is 22.4. The molecule has 0 saturated carbocycles. The van der Waals surface area contributed by atoms with Crippen molar-refractivity contribution in [2.75, 3.05) is 41.2 Å². The quantitative estimate of drug-likeness (QED) is 0.534. The van der Waals surface area contributed by atoms with Gasteiger partial charge in [-0.05, 0) is 0 Å². The van der Waals surface area contributed by atoms with Crippen molar-refractivity contribution < 1.29 is 46.9 Å². The Morgan fingerprint density at radius 3 is 1.27 bits per heavy atom. The van der Waals surface area contributed by atoms with E-state index in [2.05, 4.69) is 21.1 Å². The van der Waals surface area contributed by atoms with E-state index >= 15 is 0 Å². The molecule has 0 aliphatic heterocycles. The minimum absolute atomic E-state index is 0. The monoisotopic (exact) mass is 238 g/mol. The van der Waals surface area contributed by atoms with Crippen molar-refractivity contribution in [2.24, 2.45) is 0 Å². The molecule has 0 spiro atoms. The smallest absolute Gasteiger partial charge is 0.0696 e. The SMILES string of the molecule is COCCOC.[CH2-]COC.[Y]. The predicted octanol–water partition coefficient (Wildman–Crippen LogP) is 0.744. The molecule has 0 saturated heterocycles. The molecule has 0 aromatic carbocycles. The van der Waals surface area contributed by atoms with Crippen LogP contribution in [0.4, 0.5) is 0 Å². The largest absolute Gasteiger partial charge is 0.417 e. The van der Waals surface area contributed by atoms with Gasteiger partial charge in [-0.25, -0.2) is 0 Å². The summed E-state index contributed by atoms with van der Waals surface area (Å²) < 4.78 is 13.7. The van der Waals surface area contributed by atoms with E-state index in [1.165, 1.54) is 0 Å². The molecular weight excluding hydrogens is 221 g/mol. The van der Waals surface area contributed by atoms with E-state index in [1.807, 2.05) is 0 Å². The van der Waals surface area contributed by atoms with Gasteiger partial charge in [0.05, 0.1) is 13.2 Å². The van der Waals surface area contributed by atoms with Crippen LogP contribution in [0.25, 0.3) is 0 Å². The molecule has 0 heterocycles. The third kappa shape index (κ3) is 35.7. The van der Waals surface area contributed by atoms with E-state index < -0.39 is 0 Å². The van der Waals surface area contributed by atoms with Gasteiger partial charge >= 0.3 is 0 Å². The summed E-state index contributed by atoms with van der Waals surface area (Å²) in [5.41, 5.74) is 0. The Bertz CT molecular complexity index is 38.7. The van der Waals surface area contributed by atoms with Crippen LogP contribution in [0.1, 0.15) is 0 Å². The molecule has 11 heavy (non-hydrogen) atoms. The summed E-state index contributed by atoms with van der Waals surface area (Å²) in [4.78, 5) is 0. The molecule has 0 aromatic rings. The molecule has 4 heteroatoms. The number of hydrogen-bond acceptors (Lipinski definition) is 3. The summed E-state index contributed by atoms with van der Waals surface area (Å²) in [6.07, 6.45) is 0. The van der Waals surface area contributed by atoms with Crippen LogP contribution in [-0.4, -0.2) is 41.2 Å². The second-order valence-electron chi connectivity index (χ2n) is 1.48. The summed E-state index contributed by atoms with van der Waals surface area (Å²) in [5, 5.41) is 0. The topological polar surface area (TPSA) is 27.7 Å². The summed E-state index contributed by atoms with van der Waals surface area (Å²) in [5.74, 6) is 0. The Hall–Kier alpha value is 0.984. The molecule has 0 aliphatic carbocycles. The van der Waals surface area contributed by atoms with Gasteiger partial charge in [0.25, 0.3) is 0 Å². The molecule has 0 bridgehead atoms. The Morgan fingerprint density at radius 2 is 1.18 bits per heavy atom. The van der Waals surface area contributed by atoms with E-state index in [4.69, 9.17) is 0 Å². The molecular formula is C7H17O3Y-. The number of hydrogen-bond donors (Lipinski definition) is 0. The fraction of sp³-hybridized carbons (Fsp3) is 0.857. The first kappa shape index (κ1) is 17.9. The van der Waals surface area contributed by atoms with E-state index in [1.54, 1.807) is 21.3 Å². The Balaban J connectivity index is -0.000000114. The molecule has 0 rings (SSSR count). The standard InChI is InChI=1S/C4H10O2.C3H7O.Y/c1-5-3-4-6-2;1-3-4-2;/h3-4H2,1-2H3;1,3H2,2H3;/q;-1;. The van der Waals surface area contributed by atoms with Gasteiger partial charge < -0.3 is 21.1 Å². The van der Waals surface area contributed by atoms with Crippen molar-refractivity contribution in [2.45, 2.75) is 0 Å². The van der Waals surface area contributed by atoms with Gasteiger partial charge in [0, 0.05) is 54.0 Å². The molecule has 0 N–H and O–H groups in total. The van der Waals surface area contributed by atoms with Gasteiger partial charge in [-0.1, -0.05) is 6.61 Å². The molecule has 0 unspecified atom stereocenters. The Labute approximate surface area is 94.7 Å². The van der Waals surface area contributed by atoms with Crippen LogP contribution < -0.4 is 0 Å². The van der Waals surface area contributed by atoms with Gasteiger partial charge in [0.1, 0.15) is 0 Å². The van der Waals surface area contributed by atoms with Crippen LogP contribution in [0.2, 0.25) is 0 Å². The number of methoxy groups -OCH3 is 3. The fourth-order valence-electron chi connectivity index (χ4n) is 0.167.